The van der Waals surface area contributed by atoms with Crippen LogP contribution in [0, 0.1) is 0 Å². The summed E-state index contributed by atoms with van der Waals surface area (Å²) in [5.41, 5.74) is 6.40. The van der Waals surface area contributed by atoms with Crippen molar-refractivity contribution in [2.45, 2.75) is 19.0 Å². The number of nitrogens with zero attached hydrogens (tertiary/aromatic N) is 2. The highest BCUT2D eigenvalue weighted by Gasteiger charge is 2.21. The number of hydrogen-bond donors (Lipinski definition) is 2. The first-order chi connectivity index (χ1) is 15.7. The van der Waals surface area contributed by atoms with Crippen molar-refractivity contribution in [2.75, 3.05) is 12.4 Å². The summed E-state index contributed by atoms with van der Waals surface area (Å²) >= 11 is 1.54. The van der Waals surface area contributed by atoms with Crippen LogP contribution in [0.5, 0.6) is 5.75 Å². The Bertz CT molecular complexity index is 1140. The van der Waals surface area contributed by atoms with E-state index in [1.54, 1.807) is 25.0 Å². The second-order valence-corrected chi connectivity index (χ2v) is 7.96. The Labute approximate surface area is 191 Å². The summed E-state index contributed by atoms with van der Waals surface area (Å²) in [7, 11) is 1.60. The van der Waals surface area contributed by atoms with Gasteiger partial charge in [0, 0.05) is 24.3 Å². The van der Waals surface area contributed by atoms with E-state index >= 15 is 0 Å². The zero-order chi connectivity index (χ0) is 22.2. The first kappa shape index (κ1) is 21.7. The monoisotopic (exact) mass is 444 g/mol. The summed E-state index contributed by atoms with van der Waals surface area (Å²) in [5, 5.41) is 8.40. The molecule has 0 radical (unpaired) electrons. The number of thiazole rings is 1. The molecule has 0 saturated carbocycles. The van der Waals surface area contributed by atoms with Gasteiger partial charge in [-0.3, -0.25) is 15.1 Å². The number of rotatable bonds is 9. The van der Waals surface area contributed by atoms with Gasteiger partial charge in [-0.1, -0.05) is 36.4 Å². The van der Waals surface area contributed by atoms with Gasteiger partial charge in [0.2, 0.25) is 5.91 Å². The maximum absolute atomic E-state index is 13.3. The fraction of sp³-hybridized carbons (Fsp3) is 0.160. The first-order valence-electron chi connectivity index (χ1n) is 10.3. The van der Waals surface area contributed by atoms with E-state index in [-0.39, 0.29) is 5.91 Å². The summed E-state index contributed by atoms with van der Waals surface area (Å²) in [4.78, 5) is 21.7. The molecule has 0 aliphatic heterocycles. The number of carbonyl (C=O) groups is 1. The summed E-state index contributed by atoms with van der Waals surface area (Å²) in [6, 6.07) is 19.1. The molecular weight excluding hydrogens is 420 g/mol. The van der Waals surface area contributed by atoms with Crippen molar-refractivity contribution in [3.8, 4) is 16.9 Å². The van der Waals surface area contributed by atoms with Crippen molar-refractivity contribution < 1.29 is 9.53 Å². The summed E-state index contributed by atoms with van der Waals surface area (Å²) in [6.45, 7) is 0.516. The van der Waals surface area contributed by atoms with E-state index in [2.05, 4.69) is 20.6 Å². The Balaban J connectivity index is 1.56. The molecular formula is C25H24N4O2S. The van der Waals surface area contributed by atoms with Gasteiger partial charge < -0.3 is 10.1 Å². The van der Waals surface area contributed by atoms with Crippen LogP contribution in [-0.2, 0) is 17.8 Å². The molecule has 0 spiro atoms. The zero-order valence-electron chi connectivity index (χ0n) is 17.7. The highest BCUT2D eigenvalue weighted by atomic mass is 32.1. The molecule has 0 aliphatic rings. The van der Waals surface area contributed by atoms with Crippen molar-refractivity contribution in [3.63, 3.8) is 0 Å². The van der Waals surface area contributed by atoms with Gasteiger partial charge in [0.1, 0.15) is 5.75 Å². The third-order valence-electron chi connectivity index (χ3n) is 5.08. The van der Waals surface area contributed by atoms with Crippen LogP contribution in [0.2, 0.25) is 0 Å². The van der Waals surface area contributed by atoms with Crippen LogP contribution in [-0.4, -0.2) is 29.0 Å². The molecule has 1 amide bonds. The molecule has 32 heavy (non-hydrogen) atoms. The zero-order valence-corrected chi connectivity index (χ0v) is 18.5. The highest BCUT2D eigenvalue weighted by molar-refractivity contribution is 7.07. The van der Waals surface area contributed by atoms with Crippen molar-refractivity contribution in [1.82, 2.24) is 15.3 Å². The minimum atomic E-state index is -0.437. The number of benzene rings is 2. The van der Waals surface area contributed by atoms with Crippen LogP contribution in [0.15, 0.2) is 83.9 Å². The molecule has 4 rings (SSSR count). The van der Waals surface area contributed by atoms with Gasteiger partial charge in [0.15, 0.2) is 0 Å². The smallest absolute Gasteiger partial charge is 0.241 e. The molecule has 7 heteroatoms. The average molecular weight is 445 g/mol. The maximum Gasteiger partial charge on any atom is 0.241 e. The van der Waals surface area contributed by atoms with E-state index in [4.69, 9.17) is 4.74 Å². The lowest BCUT2D eigenvalue weighted by Crippen LogP contribution is -2.42. The number of methoxy groups -OCH3 is 1. The number of ether oxygens (including phenoxy) is 1. The van der Waals surface area contributed by atoms with Crippen molar-refractivity contribution in [3.05, 3.63) is 95.2 Å². The van der Waals surface area contributed by atoms with Gasteiger partial charge in [-0.15, -0.1) is 11.3 Å². The lowest BCUT2D eigenvalue weighted by molar-refractivity contribution is -0.118. The molecule has 2 aromatic heterocycles. The third kappa shape index (κ3) is 5.57. The molecule has 6 nitrogen and oxygen atoms in total. The van der Waals surface area contributed by atoms with E-state index in [9.17, 15) is 4.79 Å². The van der Waals surface area contributed by atoms with E-state index < -0.39 is 6.04 Å². The largest absolute Gasteiger partial charge is 0.495 e. The number of anilines is 1. The molecule has 2 heterocycles. The van der Waals surface area contributed by atoms with E-state index in [1.165, 1.54) is 11.3 Å². The van der Waals surface area contributed by atoms with Gasteiger partial charge >= 0.3 is 0 Å². The van der Waals surface area contributed by atoms with Gasteiger partial charge in [0.05, 0.1) is 30.0 Å². The SMILES string of the molecule is COc1ccc(-c2ccncc2)cc1NC(=O)[C@H](Cc1ccccc1)NCc1cscn1. The van der Waals surface area contributed by atoms with Crippen LogP contribution >= 0.6 is 11.3 Å². The van der Waals surface area contributed by atoms with Crippen molar-refractivity contribution in [1.29, 1.82) is 0 Å². The first-order valence-corrected chi connectivity index (χ1v) is 11.2. The van der Waals surface area contributed by atoms with Crippen LogP contribution < -0.4 is 15.4 Å². The molecule has 0 unspecified atom stereocenters. The number of amides is 1. The molecule has 2 N–H and O–H groups in total. The predicted molar refractivity (Wildman–Crippen MR) is 128 cm³/mol. The Morgan fingerprint density at radius 3 is 2.59 bits per heavy atom. The molecule has 2 aromatic carbocycles. The molecule has 0 aliphatic carbocycles. The second kappa shape index (κ2) is 10.7. The normalized spacial score (nSPS) is 11.7. The summed E-state index contributed by atoms with van der Waals surface area (Å²) in [5.74, 6) is 0.475. The van der Waals surface area contributed by atoms with Crippen LogP contribution in [0.1, 0.15) is 11.3 Å². The Morgan fingerprint density at radius 1 is 1.06 bits per heavy atom. The van der Waals surface area contributed by atoms with Gasteiger partial charge in [-0.25, -0.2) is 4.98 Å². The van der Waals surface area contributed by atoms with E-state index in [1.807, 2.05) is 66.0 Å². The number of nitrogens with one attached hydrogen (secondary N) is 2. The number of hydrogen-bond acceptors (Lipinski definition) is 6. The lowest BCUT2D eigenvalue weighted by atomic mass is 10.0. The van der Waals surface area contributed by atoms with Crippen molar-refractivity contribution >= 4 is 22.9 Å². The minimum Gasteiger partial charge on any atom is -0.495 e. The number of aromatic nitrogens is 2. The fourth-order valence-electron chi connectivity index (χ4n) is 3.41. The molecule has 162 valence electrons. The van der Waals surface area contributed by atoms with Crippen molar-refractivity contribution in [2.24, 2.45) is 0 Å². The predicted octanol–water partition coefficient (Wildman–Crippen LogP) is 4.55. The molecule has 0 bridgehead atoms. The van der Waals surface area contributed by atoms with Gasteiger partial charge in [0.25, 0.3) is 0 Å². The van der Waals surface area contributed by atoms with Crippen LogP contribution in [0.3, 0.4) is 0 Å². The summed E-state index contributed by atoms with van der Waals surface area (Å²) in [6.07, 6.45) is 4.05. The maximum atomic E-state index is 13.3. The Kier molecular flexibility index (Phi) is 7.22. The Hall–Kier alpha value is -3.55. The minimum absolute atomic E-state index is 0.130. The standard InChI is InChI=1S/C25H24N4O2S/c1-31-24-8-7-20(19-9-11-26-12-10-19)14-22(24)29-25(30)23(13-18-5-3-2-4-6-18)27-15-21-16-32-17-28-21/h2-12,14,16-17,23,27H,13,15H2,1H3,(H,29,30)/t23-/m0/s1. The quantitative estimate of drug-likeness (QED) is 0.396. The number of carbonyl (C=O) groups excluding carboxylic acids is 1. The molecule has 0 fully saturated rings. The second-order valence-electron chi connectivity index (χ2n) is 7.24. The fourth-order valence-corrected chi connectivity index (χ4v) is 3.97. The molecule has 4 aromatic rings. The average Bonchev–Trinajstić information content (AvgIpc) is 3.36. The lowest BCUT2D eigenvalue weighted by Gasteiger charge is -2.20. The molecule has 0 saturated heterocycles. The topological polar surface area (TPSA) is 76.1 Å². The summed E-state index contributed by atoms with van der Waals surface area (Å²) < 4.78 is 5.50. The van der Waals surface area contributed by atoms with Gasteiger partial charge in [-0.05, 0) is 47.4 Å². The Morgan fingerprint density at radius 2 is 1.88 bits per heavy atom. The highest BCUT2D eigenvalue weighted by Crippen LogP contribution is 2.30. The van der Waals surface area contributed by atoms with Gasteiger partial charge in [-0.2, -0.15) is 0 Å². The van der Waals surface area contributed by atoms with Crippen LogP contribution in [0.4, 0.5) is 5.69 Å². The van der Waals surface area contributed by atoms with Crippen LogP contribution in [0.25, 0.3) is 11.1 Å². The third-order valence-corrected chi connectivity index (χ3v) is 5.72. The van der Waals surface area contributed by atoms with E-state index in [0.717, 1.165) is 22.4 Å². The molecule has 1 atom stereocenters. The number of pyridine rings is 1. The van der Waals surface area contributed by atoms with E-state index in [0.29, 0.717) is 24.4 Å².